The van der Waals surface area contributed by atoms with Gasteiger partial charge in [0.1, 0.15) is 5.82 Å². The van der Waals surface area contributed by atoms with Crippen molar-refractivity contribution in [2.45, 2.75) is 17.1 Å². The lowest BCUT2D eigenvalue weighted by atomic mass is 10.1. The normalized spacial score (nSPS) is 11.7. The summed E-state index contributed by atoms with van der Waals surface area (Å²) >= 11 is 1.40. The lowest BCUT2D eigenvalue weighted by Crippen LogP contribution is -2.22. The first kappa shape index (κ1) is 21.6. The number of fused-ring (bicyclic) bond motifs is 1. The maximum atomic E-state index is 13.1. The van der Waals surface area contributed by atoms with Gasteiger partial charge in [0.25, 0.3) is 5.91 Å². The van der Waals surface area contributed by atoms with Gasteiger partial charge < -0.3 is 10.6 Å². The summed E-state index contributed by atoms with van der Waals surface area (Å²) in [6.45, 7) is 1.84. The number of rotatable bonds is 6. The molecule has 0 bridgehead atoms. The molecule has 0 aliphatic rings. The van der Waals surface area contributed by atoms with E-state index >= 15 is 0 Å². The van der Waals surface area contributed by atoms with Crippen molar-refractivity contribution in [3.05, 3.63) is 102 Å². The summed E-state index contributed by atoms with van der Waals surface area (Å²) in [6.07, 6.45) is 0. The van der Waals surface area contributed by atoms with E-state index in [9.17, 15) is 14.0 Å². The van der Waals surface area contributed by atoms with E-state index in [0.29, 0.717) is 11.3 Å². The molecule has 6 heteroatoms. The third kappa shape index (κ3) is 5.34. The number of anilines is 2. The van der Waals surface area contributed by atoms with E-state index in [-0.39, 0.29) is 17.1 Å². The highest BCUT2D eigenvalue weighted by Gasteiger charge is 2.15. The monoisotopic (exact) mass is 444 g/mol. The molecule has 4 rings (SSSR count). The molecule has 0 saturated carbocycles. The number of amides is 2. The average Bonchev–Trinajstić information content (AvgIpc) is 2.79. The minimum Gasteiger partial charge on any atom is -0.325 e. The van der Waals surface area contributed by atoms with Crippen LogP contribution < -0.4 is 10.6 Å². The van der Waals surface area contributed by atoms with Crippen molar-refractivity contribution in [1.82, 2.24) is 0 Å². The van der Waals surface area contributed by atoms with Crippen molar-refractivity contribution in [3.63, 3.8) is 0 Å². The zero-order valence-electron chi connectivity index (χ0n) is 17.3. The maximum absolute atomic E-state index is 13.1. The molecule has 160 valence electrons. The number of halogens is 1. The largest absolute Gasteiger partial charge is 0.325 e. The highest BCUT2D eigenvalue weighted by molar-refractivity contribution is 8.00. The van der Waals surface area contributed by atoms with Gasteiger partial charge in [-0.2, -0.15) is 0 Å². The average molecular weight is 445 g/mol. The van der Waals surface area contributed by atoms with Gasteiger partial charge >= 0.3 is 0 Å². The number of hydrogen-bond donors (Lipinski definition) is 2. The van der Waals surface area contributed by atoms with E-state index in [2.05, 4.69) is 10.6 Å². The van der Waals surface area contributed by atoms with E-state index in [1.54, 1.807) is 6.07 Å². The molecule has 2 amide bonds. The van der Waals surface area contributed by atoms with Crippen LogP contribution >= 0.6 is 11.8 Å². The van der Waals surface area contributed by atoms with Crippen molar-refractivity contribution >= 4 is 45.7 Å². The minimum absolute atomic E-state index is 0.106. The van der Waals surface area contributed by atoms with Crippen molar-refractivity contribution in [2.75, 3.05) is 10.6 Å². The second kappa shape index (κ2) is 9.66. The quantitative estimate of drug-likeness (QED) is 0.341. The second-order valence-electron chi connectivity index (χ2n) is 7.30. The van der Waals surface area contributed by atoms with Crippen LogP contribution in [0.2, 0.25) is 0 Å². The molecule has 0 heterocycles. The van der Waals surface area contributed by atoms with Gasteiger partial charge in [-0.3, -0.25) is 9.59 Å². The fraction of sp³-hybridized carbons (Fsp3) is 0.0769. The molecule has 1 atom stereocenters. The van der Waals surface area contributed by atoms with Gasteiger partial charge in [-0.1, -0.05) is 36.4 Å². The Hall–Kier alpha value is -3.64. The summed E-state index contributed by atoms with van der Waals surface area (Å²) in [5.74, 6) is -0.823. The van der Waals surface area contributed by atoms with Gasteiger partial charge in [0, 0.05) is 21.8 Å². The molecule has 0 aliphatic carbocycles. The molecule has 0 saturated heterocycles. The SMILES string of the molecule is CC(Sc1cccc(NC(=O)c2ccc(F)cc2)c1)C(=O)Nc1ccc2ccccc2c1. The Kier molecular flexibility index (Phi) is 6.52. The van der Waals surface area contributed by atoms with Crippen LogP contribution in [0.5, 0.6) is 0 Å². The zero-order chi connectivity index (χ0) is 22.5. The number of nitrogens with one attached hydrogen (secondary N) is 2. The minimum atomic E-state index is -0.393. The van der Waals surface area contributed by atoms with Crippen LogP contribution in [0.15, 0.2) is 95.9 Å². The predicted octanol–water partition coefficient (Wildman–Crippen LogP) is 6.35. The molecule has 0 aliphatic heterocycles. The number of hydrogen-bond acceptors (Lipinski definition) is 3. The Morgan fingerprint density at radius 3 is 2.28 bits per heavy atom. The number of benzene rings is 4. The van der Waals surface area contributed by atoms with E-state index in [4.69, 9.17) is 0 Å². The fourth-order valence-electron chi connectivity index (χ4n) is 3.22. The topological polar surface area (TPSA) is 58.2 Å². The maximum Gasteiger partial charge on any atom is 0.255 e. The van der Waals surface area contributed by atoms with Crippen LogP contribution in [0.25, 0.3) is 10.8 Å². The molecular formula is C26H21FN2O2S. The first-order chi connectivity index (χ1) is 15.5. The lowest BCUT2D eigenvalue weighted by molar-refractivity contribution is -0.115. The summed E-state index contributed by atoms with van der Waals surface area (Å²) in [5, 5.41) is 7.61. The molecule has 0 spiro atoms. The highest BCUT2D eigenvalue weighted by Crippen LogP contribution is 2.27. The van der Waals surface area contributed by atoms with Crippen LogP contribution in [-0.4, -0.2) is 17.1 Å². The summed E-state index contributed by atoms with van der Waals surface area (Å²) in [6, 6.07) is 26.5. The molecule has 4 nitrogen and oxygen atoms in total. The van der Waals surface area contributed by atoms with Crippen molar-refractivity contribution in [2.24, 2.45) is 0 Å². The fourth-order valence-corrected chi connectivity index (χ4v) is 4.15. The van der Waals surface area contributed by atoms with E-state index in [1.807, 2.05) is 67.6 Å². The first-order valence-electron chi connectivity index (χ1n) is 10.1. The molecule has 0 radical (unpaired) electrons. The number of thioether (sulfide) groups is 1. The molecular weight excluding hydrogens is 423 g/mol. The molecule has 0 fully saturated rings. The molecule has 0 aromatic heterocycles. The van der Waals surface area contributed by atoms with E-state index in [1.165, 1.54) is 36.0 Å². The standard InChI is InChI=1S/C26H21FN2O2S/c1-17(25(30)28-23-14-11-18-5-2-3-6-20(18)15-23)32-24-8-4-7-22(16-24)29-26(31)19-9-12-21(27)13-10-19/h2-17H,1H3,(H,28,30)(H,29,31). The summed E-state index contributed by atoms with van der Waals surface area (Å²) in [4.78, 5) is 25.9. The van der Waals surface area contributed by atoms with Gasteiger partial charge in [-0.15, -0.1) is 11.8 Å². The summed E-state index contributed by atoms with van der Waals surface area (Å²) in [7, 11) is 0. The summed E-state index contributed by atoms with van der Waals surface area (Å²) in [5.41, 5.74) is 1.72. The number of carbonyl (C=O) groups excluding carboxylic acids is 2. The van der Waals surface area contributed by atoms with Gasteiger partial charge in [-0.25, -0.2) is 4.39 Å². The Labute approximate surface area is 189 Å². The Balaban J connectivity index is 1.39. The molecule has 4 aromatic carbocycles. The van der Waals surface area contributed by atoms with E-state index in [0.717, 1.165) is 21.4 Å². The van der Waals surface area contributed by atoms with Crippen LogP contribution in [0.4, 0.5) is 15.8 Å². The first-order valence-corrected chi connectivity index (χ1v) is 11.0. The Bertz CT molecular complexity index is 1270. The van der Waals surface area contributed by atoms with Crippen LogP contribution in [0.1, 0.15) is 17.3 Å². The molecule has 4 aromatic rings. The van der Waals surface area contributed by atoms with Gasteiger partial charge in [0.2, 0.25) is 5.91 Å². The third-order valence-electron chi connectivity index (χ3n) is 4.90. The summed E-state index contributed by atoms with van der Waals surface area (Å²) < 4.78 is 13.1. The highest BCUT2D eigenvalue weighted by atomic mass is 32.2. The smallest absolute Gasteiger partial charge is 0.255 e. The van der Waals surface area contributed by atoms with Crippen LogP contribution in [0, 0.1) is 5.82 Å². The van der Waals surface area contributed by atoms with Crippen molar-refractivity contribution < 1.29 is 14.0 Å². The van der Waals surface area contributed by atoms with Crippen LogP contribution in [-0.2, 0) is 4.79 Å². The number of carbonyl (C=O) groups is 2. The van der Waals surface area contributed by atoms with Crippen LogP contribution in [0.3, 0.4) is 0 Å². The van der Waals surface area contributed by atoms with Crippen molar-refractivity contribution in [1.29, 1.82) is 0 Å². The van der Waals surface area contributed by atoms with Crippen molar-refractivity contribution in [3.8, 4) is 0 Å². The Morgan fingerprint density at radius 2 is 1.50 bits per heavy atom. The molecule has 2 N–H and O–H groups in total. The van der Waals surface area contributed by atoms with Gasteiger partial charge in [0.15, 0.2) is 0 Å². The van der Waals surface area contributed by atoms with Gasteiger partial charge in [0.05, 0.1) is 5.25 Å². The van der Waals surface area contributed by atoms with Gasteiger partial charge in [-0.05, 0) is 72.3 Å². The molecule has 1 unspecified atom stereocenters. The lowest BCUT2D eigenvalue weighted by Gasteiger charge is -2.13. The molecule has 32 heavy (non-hydrogen) atoms. The third-order valence-corrected chi connectivity index (χ3v) is 5.99. The van der Waals surface area contributed by atoms with E-state index < -0.39 is 5.82 Å². The zero-order valence-corrected chi connectivity index (χ0v) is 18.2. The second-order valence-corrected chi connectivity index (χ2v) is 8.71. The Morgan fingerprint density at radius 1 is 0.781 bits per heavy atom. The predicted molar refractivity (Wildman–Crippen MR) is 129 cm³/mol.